The van der Waals surface area contributed by atoms with Gasteiger partial charge in [-0.15, -0.1) is 16.9 Å². The molecule has 0 spiro atoms. The summed E-state index contributed by atoms with van der Waals surface area (Å²) in [6.45, 7) is 17.9. The van der Waals surface area contributed by atoms with Crippen LogP contribution < -0.4 is 0 Å². The van der Waals surface area contributed by atoms with E-state index in [0.717, 1.165) is 10.5 Å². The molecule has 414 valence electrons. The Morgan fingerprint density at radius 3 is 2.30 bits per heavy atom. The van der Waals surface area contributed by atoms with Gasteiger partial charge in [0.15, 0.2) is 6.29 Å². The molecule has 0 bridgehead atoms. The zero-order chi connectivity index (χ0) is 54.3. The Kier molecular flexibility index (Phi) is 21.7. The maximum Gasteiger partial charge on any atom is 0.309 e. The molecule has 20 atom stereocenters. The van der Waals surface area contributed by atoms with Crippen LogP contribution in [0.3, 0.4) is 0 Å². The third-order valence-corrected chi connectivity index (χ3v) is 17.2. The first-order valence-corrected chi connectivity index (χ1v) is 27.0. The topological polar surface area (TPSA) is 235 Å². The summed E-state index contributed by atoms with van der Waals surface area (Å²) in [5.41, 5.74) is -3.16. The number of nitrogens with zero attached hydrogens (tertiary/aromatic N) is 6. The predicted octanol–water partition coefficient (Wildman–Crippen LogP) is 4.89. The second-order valence-corrected chi connectivity index (χ2v) is 23.2. The van der Waals surface area contributed by atoms with Crippen LogP contribution in [-0.2, 0) is 39.6 Å². The zero-order valence-electron chi connectivity index (χ0n) is 45.6. The molecule has 0 radical (unpaired) electrons. The van der Waals surface area contributed by atoms with Gasteiger partial charge in [-0.3, -0.25) is 4.79 Å². The maximum absolute atomic E-state index is 14.8. The molecule has 3 fully saturated rings. The molecule has 3 saturated heterocycles. The summed E-state index contributed by atoms with van der Waals surface area (Å²) in [7, 11) is 6.77. The smallest absolute Gasteiger partial charge is 0.309 e. The SMILES string of the molecule is CC[C@H]1OC(=O)[C@H](C)[C@@H](C2C[C@@](C)(OC)[C@@H](O)[C@H](C)O2)[C@H](C)[C@@H](O[C@@H]2O[C@H](C)C[C@H](N(C)CCc3cn([C@H](CF)[C@H](OC)c4ccc(SCC#N)cc4)nn3)[C@H]2O)[C@](C)(O)C[C@@H](C)CN(C)[C@H](C)[C@@H](O)[C@]1(C)O. The van der Waals surface area contributed by atoms with Gasteiger partial charge >= 0.3 is 5.97 Å². The van der Waals surface area contributed by atoms with Gasteiger partial charge in [0.05, 0.1) is 59.1 Å². The monoisotopic (exact) mass is 1050 g/mol. The van der Waals surface area contributed by atoms with Crippen LogP contribution in [0.5, 0.6) is 0 Å². The minimum Gasteiger partial charge on any atom is -0.459 e. The van der Waals surface area contributed by atoms with Gasteiger partial charge in [-0.25, -0.2) is 9.07 Å². The predicted molar refractivity (Wildman–Crippen MR) is 273 cm³/mol. The first-order chi connectivity index (χ1) is 34.3. The maximum atomic E-state index is 14.8. The highest BCUT2D eigenvalue weighted by atomic mass is 32.2. The Hall–Kier alpha value is -2.88. The molecule has 0 aliphatic carbocycles. The van der Waals surface area contributed by atoms with Gasteiger partial charge in [-0.05, 0) is 104 Å². The number of hydrogen-bond acceptors (Lipinski definition) is 18. The highest BCUT2D eigenvalue weighted by Gasteiger charge is 2.55. The van der Waals surface area contributed by atoms with E-state index in [-0.39, 0.29) is 25.2 Å². The molecule has 5 rings (SSSR count). The zero-order valence-corrected chi connectivity index (χ0v) is 46.4. The summed E-state index contributed by atoms with van der Waals surface area (Å²) < 4.78 is 54.2. The van der Waals surface area contributed by atoms with Gasteiger partial charge < -0.3 is 63.8 Å². The van der Waals surface area contributed by atoms with E-state index in [1.807, 2.05) is 68.9 Å². The number of aromatic nitrogens is 3. The Labute approximate surface area is 437 Å². The summed E-state index contributed by atoms with van der Waals surface area (Å²) in [6, 6.07) is 7.74. The quantitative estimate of drug-likeness (QED) is 0.111. The Bertz CT molecular complexity index is 2080. The average molecular weight is 1050 g/mol. The number of hydrogen-bond donors (Lipinski definition) is 5. The average Bonchev–Trinajstić information content (AvgIpc) is 3.82. The largest absolute Gasteiger partial charge is 0.459 e. The number of rotatable bonds is 16. The number of nitriles is 1. The van der Waals surface area contributed by atoms with Crippen LogP contribution in [0.4, 0.5) is 4.39 Å². The van der Waals surface area contributed by atoms with Crippen LogP contribution >= 0.6 is 11.8 Å². The van der Waals surface area contributed by atoms with Gasteiger partial charge in [0.25, 0.3) is 0 Å². The van der Waals surface area contributed by atoms with Gasteiger partial charge in [-0.1, -0.05) is 45.0 Å². The fourth-order valence-corrected chi connectivity index (χ4v) is 12.5. The van der Waals surface area contributed by atoms with Crippen molar-refractivity contribution in [1.82, 2.24) is 24.8 Å². The summed E-state index contributed by atoms with van der Waals surface area (Å²) in [5.74, 6) is -2.95. The van der Waals surface area contributed by atoms with Crippen molar-refractivity contribution in [3.63, 3.8) is 0 Å². The number of alkyl halides is 1. The van der Waals surface area contributed by atoms with E-state index in [4.69, 9.17) is 33.7 Å². The van der Waals surface area contributed by atoms with E-state index in [1.54, 1.807) is 47.7 Å². The summed E-state index contributed by atoms with van der Waals surface area (Å²) in [4.78, 5) is 19.5. The number of esters is 1. The molecule has 1 aromatic heterocycles. The van der Waals surface area contributed by atoms with E-state index in [9.17, 15) is 34.7 Å². The number of ether oxygens (including phenoxy) is 6. The lowest BCUT2D eigenvalue weighted by Gasteiger charge is -2.51. The normalized spacial score (nSPS) is 39.5. The van der Waals surface area contributed by atoms with Crippen molar-refractivity contribution in [3.8, 4) is 6.07 Å². The van der Waals surface area contributed by atoms with Gasteiger partial charge in [0, 0.05) is 69.2 Å². The second kappa shape index (κ2) is 26.0. The van der Waals surface area contributed by atoms with Crippen molar-refractivity contribution in [2.75, 3.05) is 53.8 Å². The van der Waals surface area contributed by atoms with Crippen LogP contribution in [0.25, 0.3) is 0 Å². The van der Waals surface area contributed by atoms with E-state index in [0.29, 0.717) is 37.4 Å². The summed E-state index contributed by atoms with van der Waals surface area (Å²) >= 11 is 1.41. The van der Waals surface area contributed by atoms with Gasteiger partial charge in [0.1, 0.15) is 48.8 Å². The lowest BCUT2D eigenvalue weighted by molar-refractivity contribution is -0.302. The highest BCUT2D eigenvalue weighted by molar-refractivity contribution is 7.99. The van der Waals surface area contributed by atoms with Crippen LogP contribution in [-0.4, -0.2) is 194 Å². The molecule has 5 N–H and O–H groups in total. The van der Waals surface area contributed by atoms with Crippen molar-refractivity contribution in [2.24, 2.45) is 23.7 Å². The van der Waals surface area contributed by atoms with E-state index in [1.165, 1.54) is 37.6 Å². The third kappa shape index (κ3) is 14.2. The summed E-state index contributed by atoms with van der Waals surface area (Å²) in [6.07, 6.45) is -6.31. The van der Waals surface area contributed by atoms with Crippen LogP contribution in [0.15, 0.2) is 35.4 Å². The minimum absolute atomic E-state index is 0.169. The van der Waals surface area contributed by atoms with E-state index < -0.39 is 127 Å². The second-order valence-electron chi connectivity index (χ2n) is 22.1. The number of benzene rings is 1. The molecule has 18 nitrogen and oxygen atoms in total. The molecule has 4 heterocycles. The number of carbonyl (C=O) groups is 1. The number of likely N-dealkylation sites (N-methyl/N-ethyl adjacent to an activating group) is 2. The molecule has 0 saturated carbocycles. The summed E-state index contributed by atoms with van der Waals surface area (Å²) in [5, 5.41) is 77.8. The van der Waals surface area contributed by atoms with Crippen molar-refractivity contribution < 1.29 is 63.1 Å². The fraction of sp³-hybridized carbons (Fsp3) is 0.811. The molecular weight excluding hydrogens is 964 g/mol. The molecular formula is C53H87FN6O12S. The fourth-order valence-electron chi connectivity index (χ4n) is 11.9. The van der Waals surface area contributed by atoms with Crippen LogP contribution in [0.2, 0.25) is 0 Å². The van der Waals surface area contributed by atoms with E-state index in [2.05, 4.69) is 16.4 Å². The van der Waals surface area contributed by atoms with Crippen LogP contribution in [0.1, 0.15) is 118 Å². The molecule has 2 aromatic rings. The van der Waals surface area contributed by atoms with Crippen molar-refractivity contribution in [1.29, 1.82) is 5.26 Å². The molecule has 73 heavy (non-hydrogen) atoms. The third-order valence-electron chi connectivity index (χ3n) is 16.4. The van der Waals surface area contributed by atoms with Crippen molar-refractivity contribution in [2.45, 2.75) is 202 Å². The number of methoxy groups -OCH3 is 2. The number of aliphatic hydroxyl groups excluding tert-OH is 3. The molecule has 1 unspecified atom stereocenters. The number of cyclic esters (lactones) is 1. The number of thioether (sulfide) groups is 1. The van der Waals surface area contributed by atoms with Crippen LogP contribution in [0, 0.1) is 35.0 Å². The highest BCUT2D eigenvalue weighted by Crippen LogP contribution is 2.45. The van der Waals surface area contributed by atoms with Crippen molar-refractivity contribution in [3.05, 3.63) is 41.7 Å². The van der Waals surface area contributed by atoms with E-state index >= 15 is 0 Å². The Balaban J connectivity index is 1.44. The van der Waals surface area contributed by atoms with Gasteiger partial charge in [-0.2, -0.15) is 5.26 Å². The molecule has 0 amide bonds. The Morgan fingerprint density at radius 1 is 1.03 bits per heavy atom. The number of aliphatic hydroxyl groups is 5. The first-order valence-electron chi connectivity index (χ1n) is 26.0. The molecule has 20 heteroatoms. The number of halogens is 1. The minimum atomic E-state index is -1.83. The number of carbonyl (C=O) groups excluding carboxylic acids is 1. The Morgan fingerprint density at radius 2 is 1.70 bits per heavy atom. The molecule has 3 aliphatic rings. The lowest BCUT2D eigenvalue weighted by atomic mass is 9.68. The standard InChI is InChI=1S/C53H87FN6O12S/c1-15-42-53(10,66)46(62)34(6)59(12)28-30(2)25-51(8,65)48(32(4)43(33(5)49(64)71-42)41-26-52(9,68-14)47(63)35(7)70-41)72-50-44(61)39(24-31(3)69-50)58(11)22-20-37-29-60(57-56-37)40(27-54)45(67-13)36-16-18-38(19-17-36)73-23-21-55/h16-19,29-35,39-48,50,61-63,65-66H,15,20,22-28H2,1-14H3/t30-,31-,32+,33-,34-,35+,39+,40-,41?,42-,43+,44-,45-,46-,47+,48-,50+,51-,52-,53-/m1/s1. The molecule has 3 aliphatic heterocycles. The first kappa shape index (κ1) is 61.0. The molecule has 1 aromatic carbocycles. The van der Waals surface area contributed by atoms with Crippen molar-refractivity contribution >= 4 is 17.7 Å². The lowest BCUT2D eigenvalue weighted by Crippen LogP contribution is -2.62. The van der Waals surface area contributed by atoms with Gasteiger partial charge in [0.2, 0.25) is 0 Å².